The van der Waals surface area contributed by atoms with Crippen LogP contribution in [-0.2, 0) is 0 Å². The molecule has 3 aromatic rings. The summed E-state index contributed by atoms with van der Waals surface area (Å²) >= 11 is 103. The van der Waals surface area contributed by atoms with E-state index in [-0.39, 0.29) is 22.3 Å². The molecule has 0 fully saturated rings. The van der Waals surface area contributed by atoms with Crippen molar-refractivity contribution in [2.24, 2.45) is 0 Å². The van der Waals surface area contributed by atoms with Gasteiger partial charge in [0, 0.05) is 0 Å². The number of benzene rings is 3. The first kappa shape index (κ1) is 35.3. The Bertz CT molecular complexity index is 1140. The van der Waals surface area contributed by atoms with Gasteiger partial charge in [0.05, 0.1) is 0 Å². The van der Waals surface area contributed by atoms with Gasteiger partial charge in [0.25, 0.3) is 0 Å². The summed E-state index contributed by atoms with van der Waals surface area (Å²) in [6, 6.07) is 3.35. The Morgan fingerprint density at radius 3 is 0.474 bits per heavy atom. The summed E-state index contributed by atoms with van der Waals surface area (Å²) in [6.45, 7) is 0. The van der Waals surface area contributed by atoms with Crippen molar-refractivity contribution in [1.29, 1.82) is 0 Å². The number of rotatable bonds is 8. The number of hydrogen-bond acceptors (Lipinski definition) is 0. The van der Waals surface area contributed by atoms with Crippen molar-refractivity contribution in [3.05, 3.63) is 56.6 Å². The Balaban J connectivity index is 2.87. The van der Waals surface area contributed by atoms with Gasteiger partial charge in [-0.25, -0.2) is 0 Å². The minimum absolute atomic E-state index is 0.236. The summed E-state index contributed by atoms with van der Waals surface area (Å²) in [5, 5.41) is 1.73. The van der Waals surface area contributed by atoms with Gasteiger partial charge in [0.2, 0.25) is 0 Å². The molecule has 0 nitrogen and oxygen atoms in total. The fraction of sp³-hybridized carbons (Fsp3) is 0.364. The van der Waals surface area contributed by atoms with E-state index in [0.717, 1.165) is 0 Å². The lowest BCUT2D eigenvalue weighted by Gasteiger charge is -2.28. The highest BCUT2D eigenvalue weighted by molar-refractivity contribution is 6.51. The minimum Gasteiger partial charge on any atom is -0.100 e. The molecule has 0 unspecified atom stereocenters. The number of alkyl halides is 16. The van der Waals surface area contributed by atoms with E-state index in [2.05, 4.69) is 0 Å². The van der Waals surface area contributed by atoms with Gasteiger partial charge in [-0.15, -0.1) is 186 Å². The Labute approximate surface area is 299 Å². The number of fused-ring (bicyclic) bond motifs is 2. The molecule has 0 heterocycles. The zero-order valence-corrected chi connectivity index (χ0v) is 29.9. The third-order valence-electron chi connectivity index (χ3n) is 5.81. The van der Waals surface area contributed by atoms with Crippen molar-refractivity contribution >= 4 is 207 Å². The summed E-state index contributed by atoms with van der Waals surface area (Å²) in [5.74, 6) is 0. The Morgan fingerprint density at radius 1 is 0.237 bits per heavy atom. The molecule has 0 saturated heterocycles. The predicted molar refractivity (Wildman–Crippen MR) is 177 cm³/mol. The van der Waals surface area contributed by atoms with Crippen LogP contribution in [0.25, 0.3) is 21.5 Å². The van der Waals surface area contributed by atoms with Gasteiger partial charge >= 0.3 is 0 Å². The first-order chi connectivity index (χ1) is 17.5. The summed E-state index contributed by atoms with van der Waals surface area (Å²) in [5.41, 5.74) is 2.14. The Hall–Kier alpha value is 2.82. The smallest absolute Gasteiger partial charge is 0.100 e. The van der Waals surface area contributed by atoms with Crippen molar-refractivity contribution < 1.29 is 0 Å². The third-order valence-corrected chi connectivity index (χ3v) is 9.30. The SMILES string of the molecule is ClC(Cl)c1c(C(Cl)Cl)c(C(Cl)Cl)c2cc3c(C(Cl)Cl)c(C(Cl)Cl)c(C(Cl)Cl)c(C(Cl)Cl)c3cc2c1C(Cl)Cl. The highest BCUT2D eigenvalue weighted by Crippen LogP contribution is 2.55. The van der Waals surface area contributed by atoms with Crippen molar-refractivity contribution in [2.45, 2.75) is 38.7 Å². The lowest BCUT2D eigenvalue weighted by molar-refractivity contribution is 1.12. The van der Waals surface area contributed by atoms with E-state index in [4.69, 9.17) is 186 Å². The molecular weight excluding hydrogens is 831 g/mol. The van der Waals surface area contributed by atoms with Crippen LogP contribution >= 0.6 is 186 Å². The van der Waals surface area contributed by atoms with Crippen LogP contribution in [0.3, 0.4) is 0 Å². The molecular formula is C22H10Cl16. The molecule has 0 atom stereocenters. The maximum absolute atomic E-state index is 6.45. The standard InChI is InChI=1S/C22H10Cl16/c23-15(24)7-3-1-4-6(2-5(3)9(17(27)28)13(21(35)36)11(7)19(31)32)10(18(29)30)14(22(37)38)12(20(33)34)8(4)16(25)26/h1-2,15-22H. The maximum Gasteiger partial charge on any atom is 0.133 e. The van der Waals surface area contributed by atoms with E-state index in [9.17, 15) is 0 Å². The van der Waals surface area contributed by atoms with E-state index in [1.807, 2.05) is 0 Å². The average molecular weight is 842 g/mol. The molecule has 0 aliphatic rings. The van der Waals surface area contributed by atoms with Gasteiger partial charge in [0.1, 0.15) is 38.7 Å². The molecule has 38 heavy (non-hydrogen) atoms. The van der Waals surface area contributed by atoms with Crippen LogP contribution in [-0.4, -0.2) is 0 Å². The number of hydrogen-bond donors (Lipinski definition) is 0. The van der Waals surface area contributed by atoms with Crippen molar-refractivity contribution in [3.63, 3.8) is 0 Å². The Kier molecular flexibility index (Phi) is 13.3. The summed E-state index contributed by atoms with van der Waals surface area (Å²) in [7, 11) is 0. The zero-order valence-electron chi connectivity index (χ0n) is 17.8. The molecule has 0 bridgehead atoms. The van der Waals surface area contributed by atoms with Crippen LogP contribution in [0.4, 0.5) is 0 Å². The second-order valence-corrected chi connectivity index (χ2v) is 16.4. The molecule has 0 aliphatic heterocycles. The van der Waals surface area contributed by atoms with Crippen LogP contribution < -0.4 is 0 Å². The minimum atomic E-state index is -1.17. The van der Waals surface area contributed by atoms with Gasteiger partial charge in [-0.3, -0.25) is 0 Å². The largest absolute Gasteiger partial charge is 0.133 e. The number of halogens is 16. The summed E-state index contributed by atoms with van der Waals surface area (Å²) < 4.78 is 0. The fourth-order valence-electron chi connectivity index (χ4n) is 4.53. The van der Waals surface area contributed by atoms with Crippen molar-refractivity contribution in [2.75, 3.05) is 0 Å². The fourth-order valence-corrected chi connectivity index (χ4v) is 8.29. The van der Waals surface area contributed by atoms with E-state index in [1.165, 1.54) is 0 Å². The molecule has 3 aromatic carbocycles. The van der Waals surface area contributed by atoms with E-state index >= 15 is 0 Å². The first-order valence-corrected chi connectivity index (χ1v) is 16.9. The monoisotopic (exact) mass is 834 g/mol. The molecule has 0 spiro atoms. The van der Waals surface area contributed by atoms with Crippen LogP contribution in [0.2, 0.25) is 0 Å². The molecule has 0 radical (unpaired) electrons. The van der Waals surface area contributed by atoms with E-state index in [0.29, 0.717) is 43.8 Å². The first-order valence-electron chi connectivity index (χ1n) is 9.96. The highest BCUT2D eigenvalue weighted by Gasteiger charge is 2.34. The molecule has 0 saturated carbocycles. The zero-order chi connectivity index (χ0) is 29.0. The predicted octanol–water partition coefficient (Wildman–Crippen LogP) is 15.8. The van der Waals surface area contributed by atoms with E-state index < -0.39 is 38.7 Å². The molecule has 0 N–H and O–H groups in total. The molecule has 0 aliphatic carbocycles. The van der Waals surface area contributed by atoms with E-state index in [1.54, 1.807) is 12.1 Å². The molecule has 3 rings (SSSR count). The van der Waals surface area contributed by atoms with Crippen LogP contribution in [0, 0.1) is 0 Å². The van der Waals surface area contributed by atoms with Gasteiger partial charge in [-0.05, 0) is 78.2 Å². The van der Waals surface area contributed by atoms with Crippen LogP contribution in [0.1, 0.15) is 83.2 Å². The third kappa shape index (κ3) is 6.73. The molecule has 0 aromatic heterocycles. The second kappa shape index (κ2) is 14.3. The highest BCUT2D eigenvalue weighted by atomic mass is 35.6. The normalized spacial score (nSPS) is 13.1. The molecule has 16 heteroatoms. The van der Waals surface area contributed by atoms with Crippen molar-refractivity contribution in [3.8, 4) is 0 Å². The maximum atomic E-state index is 6.45. The van der Waals surface area contributed by atoms with Gasteiger partial charge in [0.15, 0.2) is 0 Å². The molecule has 210 valence electrons. The Morgan fingerprint density at radius 2 is 0.368 bits per heavy atom. The quantitative estimate of drug-likeness (QED) is 0.157. The lowest BCUT2D eigenvalue weighted by Crippen LogP contribution is -2.10. The van der Waals surface area contributed by atoms with Crippen LogP contribution in [0.5, 0.6) is 0 Å². The summed E-state index contributed by atoms with van der Waals surface area (Å²) in [6.07, 6.45) is 0. The second-order valence-electron chi connectivity index (χ2n) is 7.66. The molecule has 0 amide bonds. The van der Waals surface area contributed by atoms with Gasteiger partial charge in [-0.2, -0.15) is 0 Å². The summed E-state index contributed by atoms with van der Waals surface area (Å²) in [4.78, 5) is -9.33. The van der Waals surface area contributed by atoms with Crippen LogP contribution in [0.15, 0.2) is 12.1 Å². The van der Waals surface area contributed by atoms with Gasteiger partial charge < -0.3 is 0 Å². The average Bonchev–Trinajstić information content (AvgIpc) is 2.78. The van der Waals surface area contributed by atoms with Gasteiger partial charge in [-0.1, -0.05) is 0 Å². The lowest BCUT2D eigenvalue weighted by atomic mass is 9.85. The topological polar surface area (TPSA) is 0 Å². The van der Waals surface area contributed by atoms with Crippen molar-refractivity contribution in [1.82, 2.24) is 0 Å².